The number of piperidine rings is 1. The Balaban J connectivity index is 2.64. The maximum absolute atomic E-state index is 11.4. The van der Waals surface area contributed by atoms with Crippen LogP contribution in [-0.2, 0) is 4.79 Å². The van der Waals surface area contributed by atoms with Crippen molar-refractivity contribution in [2.45, 2.75) is 38.3 Å². The van der Waals surface area contributed by atoms with Crippen molar-refractivity contribution in [3.05, 3.63) is 0 Å². The number of rotatable bonds is 2. The van der Waals surface area contributed by atoms with Gasteiger partial charge < -0.3 is 5.32 Å². The zero-order valence-corrected chi connectivity index (χ0v) is 8.79. The summed E-state index contributed by atoms with van der Waals surface area (Å²) in [6.07, 6.45) is 3.06. The van der Waals surface area contributed by atoms with Gasteiger partial charge in [0, 0.05) is 13.6 Å². The number of nitriles is 1. The van der Waals surface area contributed by atoms with Crippen molar-refractivity contribution < 1.29 is 4.79 Å². The van der Waals surface area contributed by atoms with Gasteiger partial charge in [0.15, 0.2) is 0 Å². The van der Waals surface area contributed by atoms with E-state index in [4.69, 9.17) is 5.26 Å². The van der Waals surface area contributed by atoms with Crippen LogP contribution in [0.25, 0.3) is 0 Å². The van der Waals surface area contributed by atoms with Crippen LogP contribution < -0.4 is 5.32 Å². The third kappa shape index (κ3) is 2.24. The minimum absolute atomic E-state index is 0.00727. The van der Waals surface area contributed by atoms with Gasteiger partial charge in [-0.2, -0.15) is 5.26 Å². The molecule has 0 radical (unpaired) electrons. The van der Waals surface area contributed by atoms with E-state index in [0.29, 0.717) is 0 Å². The van der Waals surface area contributed by atoms with Crippen molar-refractivity contribution in [1.82, 2.24) is 10.2 Å². The first-order chi connectivity index (χ1) is 6.70. The van der Waals surface area contributed by atoms with E-state index in [0.717, 1.165) is 25.8 Å². The van der Waals surface area contributed by atoms with Crippen molar-refractivity contribution in [3.8, 4) is 6.07 Å². The Labute approximate surface area is 84.9 Å². The van der Waals surface area contributed by atoms with Gasteiger partial charge in [0.2, 0.25) is 5.91 Å². The van der Waals surface area contributed by atoms with E-state index in [9.17, 15) is 4.79 Å². The summed E-state index contributed by atoms with van der Waals surface area (Å²) in [5, 5.41) is 11.6. The molecule has 1 saturated heterocycles. The van der Waals surface area contributed by atoms with E-state index in [1.807, 2.05) is 11.8 Å². The summed E-state index contributed by atoms with van der Waals surface area (Å²) in [5.74, 6) is -0.00727. The molecule has 1 amide bonds. The fourth-order valence-electron chi connectivity index (χ4n) is 1.92. The highest BCUT2D eigenvalue weighted by molar-refractivity contribution is 5.81. The van der Waals surface area contributed by atoms with Crippen LogP contribution in [0.4, 0.5) is 0 Å². The van der Waals surface area contributed by atoms with Crippen LogP contribution >= 0.6 is 0 Å². The van der Waals surface area contributed by atoms with Crippen LogP contribution in [0, 0.1) is 11.3 Å². The third-order valence-electron chi connectivity index (χ3n) is 2.82. The van der Waals surface area contributed by atoms with Crippen LogP contribution in [0.15, 0.2) is 0 Å². The van der Waals surface area contributed by atoms with Gasteiger partial charge in [-0.05, 0) is 26.2 Å². The molecule has 1 rings (SSSR count). The minimum Gasteiger partial charge on any atom is -0.358 e. The summed E-state index contributed by atoms with van der Waals surface area (Å²) in [4.78, 5) is 13.4. The molecule has 1 aliphatic heterocycles. The highest BCUT2D eigenvalue weighted by Gasteiger charge is 2.29. The number of nitrogens with zero attached hydrogens (tertiary/aromatic N) is 2. The second-order valence-corrected chi connectivity index (χ2v) is 3.67. The molecule has 1 heterocycles. The Hall–Kier alpha value is -1.08. The van der Waals surface area contributed by atoms with E-state index in [1.54, 1.807) is 7.05 Å². The molecule has 0 aromatic rings. The number of amides is 1. The maximum atomic E-state index is 11.4. The number of nitrogens with one attached hydrogen (secondary N) is 1. The first-order valence-electron chi connectivity index (χ1n) is 5.07. The van der Waals surface area contributed by atoms with Crippen molar-refractivity contribution in [2.75, 3.05) is 13.6 Å². The summed E-state index contributed by atoms with van der Waals surface area (Å²) in [6.45, 7) is 2.71. The monoisotopic (exact) mass is 195 g/mol. The number of hydrogen-bond donors (Lipinski definition) is 1. The molecule has 1 fully saturated rings. The molecule has 0 spiro atoms. The Kier molecular flexibility index (Phi) is 3.90. The number of likely N-dealkylation sites (N-methyl/N-ethyl adjacent to an activating group) is 1. The predicted octanol–water partition coefficient (Wildman–Crippen LogP) is 0.499. The molecule has 0 aliphatic carbocycles. The van der Waals surface area contributed by atoms with Crippen LogP contribution in [0.1, 0.15) is 26.2 Å². The Bertz CT molecular complexity index is 246. The second-order valence-electron chi connectivity index (χ2n) is 3.67. The van der Waals surface area contributed by atoms with E-state index < -0.39 is 0 Å². The quantitative estimate of drug-likeness (QED) is 0.698. The van der Waals surface area contributed by atoms with Gasteiger partial charge in [-0.3, -0.25) is 9.69 Å². The molecule has 1 N–H and O–H groups in total. The molecule has 0 aromatic carbocycles. The summed E-state index contributed by atoms with van der Waals surface area (Å²) in [7, 11) is 1.63. The third-order valence-corrected chi connectivity index (χ3v) is 2.82. The van der Waals surface area contributed by atoms with Crippen LogP contribution in [0.5, 0.6) is 0 Å². The van der Waals surface area contributed by atoms with Crippen LogP contribution in [0.3, 0.4) is 0 Å². The summed E-state index contributed by atoms with van der Waals surface area (Å²) in [6, 6.07) is 1.98. The van der Waals surface area contributed by atoms with E-state index >= 15 is 0 Å². The van der Waals surface area contributed by atoms with Gasteiger partial charge in [-0.25, -0.2) is 0 Å². The lowest BCUT2D eigenvalue weighted by Crippen LogP contribution is -2.50. The molecule has 2 unspecified atom stereocenters. The Morgan fingerprint density at radius 1 is 1.64 bits per heavy atom. The minimum atomic E-state index is -0.190. The molecule has 78 valence electrons. The molecular weight excluding hydrogens is 178 g/mol. The average Bonchev–Trinajstić information content (AvgIpc) is 2.26. The molecule has 14 heavy (non-hydrogen) atoms. The molecule has 2 atom stereocenters. The Morgan fingerprint density at radius 2 is 2.36 bits per heavy atom. The normalized spacial score (nSPS) is 25.1. The van der Waals surface area contributed by atoms with E-state index in [1.165, 1.54) is 0 Å². The van der Waals surface area contributed by atoms with E-state index in [2.05, 4.69) is 11.4 Å². The van der Waals surface area contributed by atoms with Gasteiger partial charge in [0.1, 0.15) is 0 Å². The number of carbonyl (C=O) groups excluding carboxylic acids is 1. The highest BCUT2D eigenvalue weighted by atomic mass is 16.2. The van der Waals surface area contributed by atoms with Gasteiger partial charge in [0.05, 0.1) is 18.2 Å². The van der Waals surface area contributed by atoms with Crippen LogP contribution in [-0.4, -0.2) is 36.5 Å². The van der Waals surface area contributed by atoms with Crippen LogP contribution in [0.2, 0.25) is 0 Å². The van der Waals surface area contributed by atoms with Gasteiger partial charge >= 0.3 is 0 Å². The zero-order valence-electron chi connectivity index (χ0n) is 8.79. The van der Waals surface area contributed by atoms with Gasteiger partial charge in [-0.15, -0.1) is 0 Å². The molecule has 4 nitrogen and oxygen atoms in total. The number of likely N-dealkylation sites (tertiary alicyclic amines) is 1. The molecule has 1 aliphatic rings. The smallest absolute Gasteiger partial charge is 0.236 e. The lowest BCUT2D eigenvalue weighted by molar-refractivity contribution is -0.126. The average molecular weight is 195 g/mol. The predicted molar refractivity (Wildman–Crippen MR) is 53.5 cm³/mol. The topological polar surface area (TPSA) is 56.1 Å². The highest BCUT2D eigenvalue weighted by Crippen LogP contribution is 2.18. The maximum Gasteiger partial charge on any atom is 0.236 e. The first kappa shape index (κ1) is 11.0. The lowest BCUT2D eigenvalue weighted by atomic mass is 10.0. The fraction of sp³-hybridized carbons (Fsp3) is 0.800. The molecular formula is C10H17N3O. The molecule has 4 heteroatoms. The molecule has 0 aromatic heterocycles. The SMILES string of the molecule is CNC(=O)C(C)N1CCCCC1C#N. The lowest BCUT2D eigenvalue weighted by Gasteiger charge is -2.35. The largest absolute Gasteiger partial charge is 0.358 e. The van der Waals surface area contributed by atoms with Crippen molar-refractivity contribution in [1.29, 1.82) is 5.26 Å². The standard InChI is InChI=1S/C10H17N3O/c1-8(10(14)12-2)13-6-4-3-5-9(13)7-11/h8-9H,3-6H2,1-2H3,(H,12,14). The second kappa shape index (κ2) is 4.97. The first-order valence-corrected chi connectivity index (χ1v) is 5.07. The van der Waals surface area contributed by atoms with Crippen molar-refractivity contribution >= 4 is 5.91 Å². The van der Waals surface area contributed by atoms with E-state index in [-0.39, 0.29) is 18.0 Å². The summed E-state index contributed by atoms with van der Waals surface area (Å²) in [5.41, 5.74) is 0. The zero-order chi connectivity index (χ0) is 10.6. The number of hydrogen-bond acceptors (Lipinski definition) is 3. The fourth-order valence-corrected chi connectivity index (χ4v) is 1.92. The van der Waals surface area contributed by atoms with Gasteiger partial charge in [-0.1, -0.05) is 0 Å². The number of carbonyl (C=O) groups is 1. The van der Waals surface area contributed by atoms with Gasteiger partial charge in [0.25, 0.3) is 0 Å². The molecule has 0 bridgehead atoms. The molecule has 0 saturated carbocycles. The summed E-state index contributed by atoms with van der Waals surface area (Å²) < 4.78 is 0. The van der Waals surface area contributed by atoms with Crippen molar-refractivity contribution in [2.24, 2.45) is 0 Å². The van der Waals surface area contributed by atoms with Crippen molar-refractivity contribution in [3.63, 3.8) is 0 Å². The summed E-state index contributed by atoms with van der Waals surface area (Å²) >= 11 is 0. The Morgan fingerprint density at radius 3 is 2.93 bits per heavy atom.